The monoisotopic (exact) mass is 235 g/mol. The van der Waals surface area contributed by atoms with E-state index >= 15 is 0 Å². The lowest BCUT2D eigenvalue weighted by Gasteiger charge is -2.31. The van der Waals surface area contributed by atoms with E-state index in [1.807, 2.05) is 18.2 Å². The molecule has 3 heteroatoms. The fraction of sp³-hybridized carbons (Fsp3) is 0.462. The summed E-state index contributed by atoms with van der Waals surface area (Å²) in [6, 6.07) is 5.72. The average molecular weight is 236 g/mol. The predicted molar refractivity (Wildman–Crippen MR) is 64.8 cm³/mol. The zero-order chi connectivity index (χ0) is 11.2. The molecule has 2 aliphatic rings. The van der Waals surface area contributed by atoms with Gasteiger partial charge in [0.1, 0.15) is 0 Å². The minimum atomic E-state index is -0.327. The molecule has 16 heavy (non-hydrogen) atoms. The summed E-state index contributed by atoms with van der Waals surface area (Å²) < 4.78 is 0. The van der Waals surface area contributed by atoms with Gasteiger partial charge >= 0.3 is 0 Å². The Kier molecular flexibility index (Phi) is 2.21. The third-order valence-corrected chi connectivity index (χ3v) is 4.20. The summed E-state index contributed by atoms with van der Waals surface area (Å²) in [5.41, 5.74) is 1.63. The molecule has 1 heterocycles. The van der Waals surface area contributed by atoms with E-state index in [2.05, 4.69) is 5.32 Å². The lowest BCUT2D eigenvalue weighted by atomic mass is 9.70. The summed E-state index contributed by atoms with van der Waals surface area (Å²) in [5, 5.41) is 3.71. The maximum atomic E-state index is 12.2. The Morgan fingerprint density at radius 1 is 1.19 bits per heavy atom. The van der Waals surface area contributed by atoms with Crippen LogP contribution in [0.15, 0.2) is 18.2 Å². The zero-order valence-electron chi connectivity index (χ0n) is 9.05. The average Bonchev–Trinajstić information content (AvgIpc) is 2.55. The summed E-state index contributed by atoms with van der Waals surface area (Å²) in [4.78, 5) is 12.2. The van der Waals surface area contributed by atoms with Gasteiger partial charge in [0.15, 0.2) is 0 Å². The molecular formula is C13H14ClNO. The highest BCUT2D eigenvalue weighted by Crippen LogP contribution is 2.49. The standard InChI is InChI=1S/C13H14ClNO/c14-9-5-4-6-10-11(9)13(12(16)15-10)7-2-1-3-8-13/h4-6H,1-3,7-8H2,(H,15,16). The third-order valence-electron chi connectivity index (χ3n) is 3.88. The number of hydrogen-bond donors (Lipinski definition) is 1. The van der Waals surface area contributed by atoms with E-state index in [1.165, 1.54) is 6.42 Å². The number of carbonyl (C=O) groups is 1. The minimum Gasteiger partial charge on any atom is -0.325 e. The largest absolute Gasteiger partial charge is 0.325 e. The van der Waals surface area contributed by atoms with Crippen molar-refractivity contribution in [3.63, 3.8) is 0 Å². The van der Waals surface area contributed by atoms with E-state index in [0.29, 0.717) is 0 Å². The smallest absolute Gasteiger partial charge is 0.235 e. The molecule has 1 aromatic rings. The van der Waals surface area contributed by atoms with E-state index in [1.54, 1.807) is 0 Å². The Bertz CT molecular complexity index is 449. The van der Waals surface area contributed by atoms with Crippen LogP contribution in [0.5, 0.6) is 0 Å². The van der Waals surface area contributed by atoms with Crippen LogP contribution >= 0.6 is 11.6 Å². The Hall–Kier alpha value is -1.02. The van der Waals surface area contributed by atoms with Gasteiger partial charge in [0.05, 0.1) is 5.41 Å². The van der Waals surface area contributed by atoms with Crippen LogP contribution in [0.3, 0.4) is 0 Å². The first-order valence-electron chi connectivity index (χ1n) is 5.84. The molecule has 1 aliphatic heterocycles. The van der Waals surface area contributed by atoms with Crippen molar-refractivity contribution in [3.05, 3.63) is 28.8 Å². The Morgan fingerprint density at radius 2 is 1.94 bits per heavy atom. The molecule has 84 valence electrons. The second-order valence-electron chi connectivity index (χ2n) is 4.76. The second-order valence-corrected chi connectivity index (χ2v) is 5.17. The van der Waals surface area contributed by atoms with E-state index in [9.17, 15) is 4.79 Å². The van der Waals surface area contributed by atoms with Crippen LogP contribution in [0.4, 0.5) is 5.69 Å². The van der Waals surface area contributed by atoms with Gasteiger partial charge in [0.25, 0.3) is 0 Å². The highest BCUT2D eigenvalue weighted by atomic mass is 35.5. The van der Waals surface area contributed by atoms with Crippen molar-refractivity contribution in [2.75, 3.05) is 5.32 Å². The number of anilines is 1. The molecule has 0 bridgehead atoms. The Morgan fingerprint density at radius 3 is 2.69 bits per heavy atom. The number of nitrogens with one attached hydrogen (secondary N) is 1. The molecule has 0 atom stereocenters. The molecular weight excluding hydrogens is 222 g/mol. The first-order valence-corrected chi connectivity index (χ1v) is 6.22. The molecule has 1 amide bonds. The van der Waals surface area contributed by atoms with Crippen LogP contribution in [0.25, 0.3) is 0 Å². The maximum absolute atomic E-state index is 12.2. The van der Waals surface area contributed by atoms with E-state index < -0.39 is 0 Å². The van der Waals surface area contributed by atoms with E-state index in [-0.39, 0.29) is 11.3 Å². The molecule has 1 fully saturated rings. The van der Waals surface area contributed by atoms with Crippen molar-refractivity contribution < 1.29 is 4.79 Å². The summed E-state index contributed by atoms with van der Waals surface area (Å²) >= 11 is 6.27. The molecule has 0 saturated heterocycles. The number of rotatable bonds is 0. The molecule has 1 aliphatic carbocycles. The summed E-state index contributed by atoms with van der Waals surface area (Å²) in [7, 11) is 0. The van der Waals surface area contributed by atoms with Crippen LogP contribution in [-0.2, 0) is 10.2 Å². The topological polar surface area (TPSA) is 29.1 Å². The van der Waals surface area contributed by atoms with Crippen molar-refractivity contribution in [2.24, 2.45) is 0 Å². The van der Waals surface area contributed by atoms with Crippen molar-refractivity contribution in [1.29, 1.82) is 0 Å². The minimum absolute atomic E-state index is 0.148. The molecule has 0 aromatic heterocycles. The van der Waals surface area contributed by atoms with Crippen molar-refractivity contribution in [1.82, 2.24) is 0 Å². The quantitative estimate of drug-likeness (QED) is 0.733. The highest BCUT2D eigenvalue weighted by molar-refractivity contribution is 6.33. The van der Waals surface area contributed by atoms with Gasteiger partial charge in [-0.15, -0.1) is 0 Å². The molecule has 1 aromatic carbocycles. The molecule has 1 spiro atoms. The molecule has 1 saturated carbocycles. The maximum Gasteiger partial charge on any atom is 0.235 e. The lowest BCUT2D eigenvalue weighted by molar-refractivity contribution is -0.121. The van der Waals surface area contributed by atoms with Crippen LogP contribution in [0.2, 0.25) is 5.02 Å². The second kappa shape index (κ2) is 3.49. The van der Waals surface area contributed by atoms with Gasteiger partial charge in [-0.25, -0.2) is 0 Å². The first kappa shape index (κ1) is 10.2. The SMILES string of the molecule is O=C1Nc2cccc(Cl)c2C12CCCCC2. The fourth-order valence-electron chi connectivity index (χ4n) is 3.10. The fourth-order valence-corrected chi connectivity index (χ4v) is 3.46. The normalized spacial score (nSPS) is 21.9. The zero-order valence-corrected chi connectivity index (χ0v) is 9.81. The van der Waals surface area contributed by atoms with Crippen molar-refractivity contribution in [3.8, 4) is 0 Å². The van der Waals surface area contributed by atoms with Gasteiger partial charge in [0.2, 0.25) is 5.91 Å². The molecule has 0 radical (unpaired) electrons. The number of benzene rings is 1. The number of fused-ring (bicyclic) bond motifs is 2. The van der Waals surface area contributed by atoms with E-state index in [4.69, 9.17) is 11.6 Å². The Labute approximate surface area is 100.0 Å². The molecule has 3 rings (SSSR count). The lowest BCUT2D eigenvalue weighted by Crippen LogP contribution is -2.36. The van der Waals surface area contributed by atoms with Gasteiger partial charge in [-0.3, -0.25) is 4.79 Å². The molecule has 2 nitrogen and oxygen atoms in total. The number of hydrogen-bond acceptors (Lipinski definition) is 1. The van der Waals surface area contributed by atoms with Gasteiger partial charge in [-0.2, -0.15) is 0 Å². The van der Waals surface area contributed by atoms with Crippen LogP contribution in [0, 0.1) is 0 Å². The van der Waals surface area contributed by atoms with Gasteiger partial charge < -0.3 is 5.32 Å². The van der Waals surface area contributed by atoms with Crippen LogP contribution < -0.4 is 5.32 Å². The summed E-state index contributed by atoms with van der Waals surface area (Å²) in [5.74, 6) is 0.148. The van der Waals surface area contributed by atoms with Crippen LogP contribution in [0.1, 0.15) is 37.7 Å². The van der Waals surface area contributed by atoms with Crippen molar-refractivity contribution in [2.45, 2.75) is 37.5 Å². The van der Waals surface area contributed by atoms with Gasteiger partial charge in [-0.05, 0) is 25.0 Å². The van der Waals surface area contributed by atoms with Crippen LogP contribution in [-0.4, -0.2) is 5.91 Å². The summed E-state index contributed by atoms with van der Waals surface area (Å²) in [6.07, 6.45) is 5.36. The molecule has 0 unspecified atom stereocenters. The van der Waals surface area contributed by atoms with Gasteiger partial charge in [-0.1, -0.05) is 36.9 Å². The number of amides is 1. The molecule has 1 N–H and O–H groups in total. The van der Waals surface area contributed by atoms with Gasteiger partial charge in [0, 0.05) is 16.3 Å². The van der Waals surface area contributed by atoms with Crippen molar-refractivity contribution >= 4 is 23.2 Å². The predicted octanol–water partition coefficient (Wildman–Crippen LogP) is 3.49. The highest BCUT2D eigenvalue weighted by Gasteiger charge is 2.48. The number of halogens is 1. The number of carbonyl (C=O) groups excluding carboxylic acids is 1. The van der Waals surface area contributed by atoms with E-state index in [0.717, 1.165) is 42.0 Å². The Balaban J connectivity index is 2.17. The third kappa shape index (κ3) is 1.23. The first-order chi connectivity index (χ1) is 7.74. The summed E-state index contributed by atoms with van der Waals surface area (Å²) in [6.45, 7) is 0.